The van der Waals surface area contributed by atoms with Crippen molar-refractivity contribution in [1.82, 2.24) is 15.0 Å². The van der Waals surface area contributed by atoms with Gasteiger partial charge in [0.15, 0.2) is 0 Å². The fourth-order valence-corrected chi connectivity index (χ4v) is 3.45. The van der Waals surface area contributed by atoms with E-state index in [1.807, 2.05) is 0 Å². The fraction of sp³-hybridized carbons (Fsp3) is 0. The number of halogens is 1. The zero-order valence-corrected chi connectivity index (χ0v) is 18.0. The molecule has 0 bridgehead atoms. The quantitative estimate of drug-likeness (QED) is 0.203. The van der Waals surface area contributed by atoms with E-state index in [0.29, 0.717) is 39.5 Å². The van der Waals surface area contributed by atoms with Crippen molar-refractivity contribution in [3.63, 3.8) is 0 Å². The molecule has 2 heterocycles. The highest BCUT2D eigenvalue weighted by molar-refractivity contribution is 6.02. The largest absolute Gasteiger partial charge is 0.456 e. The molecule has 0 aliphatic heterocycles. The topological polar surface area (TPSA) is 116 Å². The lowest BCUT2D eigenvalue weighted by atomic mass is 10.1. The first-order chi connectivity index (χ1) is 17.0. The van der Waals surface area contributed by atoms with Crippen molar-refractivity contribution in [2.45, 2.75) is 0 Å². The highest BCUT2D eigenvalue weighted by atomic mass is 19.1. The van der Waals surface area contributed by atoms with Gasteiger partial charge < -0.3 is 9.73 Å². The van der Waals surface area contributed by atoms with Crippen molar-refractivity contribution in [1.29, 1.82) is 0 Å². The molecule has 1 amide bonds. The summed E-state index contributed by atoms with van der Waals surface area (Å²) in [7, 11) is 0. The Hall–Kier alpha value is -5.12. The molecule has 0 aliphatic rings. The molecule has 35 heavy (non-hydrogen) atoms. The first-order valence-electron chi connectivity index (χ1n) is 10.4. The van der Waals surface area contributed by atoms with Crippen LogP contribution in [0.2, 0.25) is 0 Å². The van der Waals surface area contributed by atoms with Crippen LogP contribution in [0.4, 0.5) is 15.8 Å². The number of hydrogen-bond acceptors (Lipinski definition) is 6. The van der Waals surface area contributed by atoms with E-state index in [-0.39, 0.29) is 11.5 Å². The van der Waals surface area contributed by atoms with Crippen molar-refractivity contribution < 1.29 is 18.5 Å². The van der Waals surface area contributed by atoms with Crippen molar-refractivity contribution in [2.75, 3.05) is 5.32 Å². The van der Waals surface area contributed by atoms with Crippen LogP contribution in [0.3, 0.4) is 0 Å². The van der Waals surface area contributed by atoms with Crippen LogP contribution >= 0.6 is 0 Å². The van der Waals surface area contributed by atoms with E-state index in [1.54, 1.807) is 60.7 Å². The SMILES string of the molecule is O=C(/C=C/c1ccc(-c2ccccc2[N+](=O)[O-])o1)Nc1ccc2nn(-c3ccc(F)cc3)nc2c1. The van der Waals surface area contributed by atoms with Gasteiger partial charge in [-0.05, 0) is 66.7 Å². The average Bonchev–Trinajstić information content (AvgIpc) is 3.50. The number of hydrogen-bond donors (Lipinski definition) is 1. The number of aromatic nitrogens is 3. The summed E-state index contributed by atoms with van der Waals surface area (Å²) in [4.78, 5) is 24.5. The highest BCUT2D eigenvalue weighted by Crippen LogP contribution is 2.31. The van der Waals surface area contributed by atoms with Crippen molar-refractivity contribution in [3.8, 4) is 17.0 Å². The number of benzene rings is 3. The Morgan fingerprint density at radius 2 is 1.77 bits per heavy atom. The van der Waals surface area contributed by atoms with Gasteiger partial charge in [-0.2, -0.15) is 4.80 Å². The summed E-state index contributed by atoms with van der Waals surface area (Å²) in [5.74, 6) is -0.0624. The van der Waals surface area contributed by atoms with Gasteiger partial charge in [-0.3, -0.25) is 14.9 Å². The minimum absolute atomic E-state index is 0.0677. The van der Waals surface area contributed by atoms with Crippen molar-refractivity contribution in [3.05, 3.63) is 107 Å². The van der Waals surface area contributed by atoms with E-state index in [1.165, 1.54) is 35.1 Å². The van der Waals surface area contributed by atoms with Crippen LogP contribution in [-0.4, -0.2) is 25.8 Å². The molecular weight excluding hydrogens is 453 g/mol. The number of nitro groups is 1. The number of amides is 1. The highest BCUT2D eigenvalue weighted by Gasteiger charge is 2.16. The molecule has 5 aromatic rings. The van der Waals surface area contributed by atoms with Gasteiger partial charge >= 0.3 is 0 Å². The lowest BCUT2D eigenvalue weighted by molar-refractivity contribution is -0.384. The Morgan fingerprint density at radius 1 is 1.00 bits per heavy atom. The van der Waals surface area contributed by atoms with E-state index in [0.717, 1.165) is 0 Å². The molecule has 1 N–H and O–H groups in total. The normalized spacial score (nSPS) is 11.2. The number of nitrogens with zero attached hydrogens (tertiary/aromatic N) is 4. The maximum absolute atomic E-state index is 13.2. The van der Waals surface area contributed by atoms with E-state index in [4.69, 9.17) is 4.42 Å². The standard InChI is InChI=1S/C25H16FN5O4/c26-16-5-8-18(9-6-16)30-28-21-12-7-17(15-22(21)29-30)27-25(32)14-11-19-10-13-24(35-19)20-3-1-2-4-23(20)31(33)34/h1-15H,(H,27,32)/b14-11+. The van der Waals surface area contributed by atoms with Crippen molar-refractivity contribution >= 4 is 34.4 Å². The number of para-hydroxylation sites is 1. The van der Waals surface area contributed by atoms with Crippen molar-refractivity contribution in [2.24, 2.45) is 0 Å². The molecule has 5 rings (SSSR count). The second-order valence-electron chi connectivity index (χ2n) is 7.47. The Morgan fingerprint density at radius 3 is 2.57 bits per heavy atom. The van der Waals surface area contributed by atoms with Gasteiger partial charge in [0.1, 0.15) is 28.4 Å². The molecule has 10 heteroatoms. The Labute approximate surface area is 197 Å². The Balaban J connectivity index is 1.29. The van der Waals surface area contributed by atoms with Gasteiger partial charge in [-0.1, -0.05) is 12.1 Å². The summed E-state index contributed by atoms with van der Waals surface area (Å²) < 4.78 is 18.8. The minimum atomic E-state index is -0.476. The van der Waals surface area contributed by atoms with Crippen LogP contribution in [0, 0.1) is 15.9 Å². The van der Waals surface area contributed by atoms with Gasteiger partial charge in [0.25, 0.3) is 5.69 Å². The molecule has 0 radical (unpaired) electrons. The Bertz CT molecular complexity index is 1590. The monoisotopic (exact) mass is 469 g/mol. The fourth-order valence-electron chi connectivity index (χ4n) is 3.45. The van der Waals surface area contributed by atoms with Crippen LogP contribution in [0.5, 0.6) is 0 Å². The zero-order chi connectivity index (χ0) is 24.4. The summed E-state index contributed by atoms with van der Waals surface area (Å²) in [6.07, 6.45) is 2.76. The summed E-state index contributed by atoms with van der Waals surface area (Å²) in [6, 6.07) is 20.4. The number of furan rings is 1. The number of anilines is 1. The van der Waals surface area contributed by atoms with E-state index in [2.05, 4.69) is 15.5 Å². The van der Waals surface area contributed by atoms with Gasteiger partial charge in [-0.25, -0.2) is 4.39 Å². The first kappa shape index (κ1) is 21.7. The molecule has 0 unspecified atom stereocenters. The predicted molar refractivity (Wildman–Crippen MR) is 127 cm³/mol. The molecule has 2 aromatic heterocycles. The smallest absolute Gasteiger partial charge is 0.280 e. The number of carbonyl (C=O) groups is 1. The number of carbonyl (C=O) groups excluding carboxylic acids is 1. The van der Waals surface area contributed by atoms with Crippen LogP contribution in [0.1, 0.15) is 5.76 Å². The third-order valence-corrected chi connectivity index (χ3v) is 5.10. The van der Waals surface area contributed by atoms with E-state index in [9.17, 15) is 19.3 Å². The molecule has 0 aliphatic carbocycles. The molecule has 172 valence electrons. The number of rotatable bonds is 6. The molecular formula is C25H16FN5O4. The molecule has 0 saturated heterocycles. The third-order valence-electron chi connectivity index (χ3n) is 5.10. The summed E-state index contributed by atoms with van der Waals surface area (Å²) in [6.45, 7) is 0. The van der Waals surface area contributed by atoms with Gasteiger partial charge in [0, 0.05) is 17.8 Å². The van der Waals surface area contributed by atoms with Crippen LogP contribution in [-0.2, 0) is 4.79 Å². The van der Waals surface area contributed by atoms with Gasteiger partial charge in [0.2, 0.25) is 5.91 Å². The second-order valence-corrected chi connectivity index (χ2v) is 7.47. The molecule has 9 nitrogen and oxygen atoms in total. The van der Waals surface area contributed by atoms with Crippen LogP contribution in [0.15, 0.2) is 89.4 Å². The number of nitro benzene ring substituents is 1. The Kier molecular flexibility index (Phi) is 5.60. The minimum Gasteiger partial charge on any atom is -0.456 e. The second kappa shape index (κ2) is 9.02. The maximum atomic E-state index is 13.2. The molecule has 0 saturated carbocycles. The number of nitrogens with one attached hydrogen (secondary N) is 1. The van der Waals surface area contributed by atoms with E-state index < -0.39 is 10.8 Å². The third kappa shape index (κ3) is 4.67. The summed E-state index contributed by atoms with van der Waals surface area (Å²) in [5, 5.41) is 22.7. The number of fused-ring (bicyclic) bond motifs is 1. The average molecular weight is 469 g/mol. The maximum Gasteiger partial charge on any atom is 0.280 e. The summed E-state index contributed by atoms with van der Waals surface area (Å²) >= 11 is 0. The van der Waals surface area contributed by atoms with Gasteiger partial charge in [-0.15, -0.1) is 10.2 Å². The molecule has 3 aromatic carbocycles. The lowest BCUT2D eigenvalue weighted by Gasteiger charge is -2.01. The predicted octanol–water partition coefficient (Wildman–Crippen LogP) is 5.38. The molecule has 0 fully saturated rings. The van der Waals surface area contributed by atoms with Gasteiger partial charge in [0.05, 0.1) is 16.2 Å². The van der Waals surface area contributed by atoms with Crippen LogP contribution < -0.4 is 5.32 Å². The molecule has 0 atom stereocenters. The first-order valence-corrected chi connectivity index (χ1v) is 10.4. The lowest BCUT2D eigenvalue weighted by Crippen LogP contribution is -2.07. The summed E-state index contributed by atoms with van der Waals surface area (Å²) in [5.41, 5.74) is 2.57. The zero-order valence-electron chi connectivity index (χ0n) is 18.0. The van der Waals surface area contributed by atoms with Crippen LogP contribution in [0.25, 0.3) is 34.1 Å². The molecule has 0 spiro atoms. The van der Waals surface area contributed by atoms with E-state index >= 15 is 0 Å².